The molecule has 0 bridgehead atoms. The Kier molecular flexibility index (Phi) is 10.2. The Morgan fingerprint density at radius 1 is 1.09 bits per heavy atom. The predicted octanol–water partition coefficient (Wildman–Crippen LogP) is 5.83. The maximum Gasteiger partial charge on any atom is 0.349 e. The fourth-order valence-electron chi connectivity index (χ4n) is 4.21. The average Bonchev–Trinajstić information content (AvgIpc) is 2.55. The number of ether oxygens (including phenoxy) is 1. The van der Waals surface area contributed by atoms with Gasteiger partial charge in [-0.05, 0) is 95.1 Å². The first-order valence-electron chi connectivity index (χ1n) is 11.6. The third-order valence-electron chi connectivity index (χ3n) is 4.80. The predicted molar refractivity (Wildman–Crippen MR) is 138 cm³/mol. The molecule has 0 saturated carbocycles. The van der Waals surface area contributed by atoms with E-state index in [9.17, 15) is 10.1 Å². The van der Waals surface area contributed by atoms with Crippen LogP contribution in [0.4, 0.5) is 0 Å². The first kappa shape index (κ1) is 28.8. The van der Waals surface area contributed by atoms with E-state index in [0.29, 0.717) is 6.42 Å². The monoisotopic (exact) mass is 496 g/mol. The fraction of sp³-hybridized carbons (Fsp3) is 0.739. The van der Waals surface area contributed by atoms with Gasteiger partial charge in [0.05, 0.1) is 6.61 Å². The highest BCUT2D eigenvalue weighted by atomic mass is 28.5. The van der Waals surface area contributed by atoms with Crippen molar-refractivity contribution < 1.29 is 17.8 Å². The van der Waals surface area contributed by atoms with Gasteiger partial charge in [-0.2, -0.15) is 5.26 Å². The third kappa shape index (κ3) is 10.6. The molecule has 0 aromatic carbocycles. The molecule has 32 heavy (non-hydrogen) atoms. The first-order valence-corrected chi connectivity index (χ1v) is 21.0. The summed E-state index contributed by atoms with van der Waals surface area (Å²) in [6.07, 6.45) is 4.48. The van der Waals surface area contributed by atoms with Crippen molar-refractivity contribution in [2.75, 3.05) is 13.2 Å². The molecule has 0 radical (unpaired) electrons. The van der Waals surface area contributed by atoms with Crippen LogP contribution in [0.3, 0.4) is 0 Å². The Morgan fingerprint density at radius 3 is 2.12 bits per heavy atom. The van der Waals surface area contributed by atoms with E-state index in [1.54, 1.807) is 6.92 Å². The Morgan fingerprint density at radius 2 is 1.66 bits per heavy atom. The summed E-state index contributed by atoms with van der Waals surface area (Å²) in [7, 11) is -5.65. The molecule has 0 aromatic rings. The highest BCUT2D eigenvalue weighted by molar-refractivity contribution is 6.87. The van der Waals surface area contributed by atoms with Gasteiger partial charge in [0.25, 0.3) is 0 Å². The molecule has 0 heterocycles. The molecular weight excluding hydrogens is 453 g/mol. The summed E-state index contributed by atoms with van der Waals surface area (Å²) in [5, 5.41) is 13.1. The molecule has 1 aliphatic carbocycles. The molecule has 0 unspecified atom stereocenters. The summed E-state index contributed by atoms with van der Waals surface area (Å²) in [6, 6.07) is 3.00. The average molecular weight is 497 g/mol. The lowest BCUT2D eigenvalue weighted by molar-refractivity contribution is -0.138. The molecule has 0 atom stereocenters. The number of rotatable bonds is 11. The van der Waals surface area contributed by atoms with E-state index in [2.05, 4.69) is 71.1 Å². The Labute approximate surface area is 198 Å². The summed E-state index contributed by atoms with van der Waals surface area (Å²) >= 11 is 0. The normalized spacial score (nSPS) is 18.5. The van der Waals surface area contributed by atoms with Gasteiger partial charge in [0.15, 0.2) is 16.6 Å². The highest BCUT2D eigenvalue weighted by Crippen LogP contribution is 2.38. The summed E-state index contributed by atoms with van der Waals surface area (Å²) in [4.78, 5) is 12.2. The van der Waals surface area contributed by atoms with E-state index in [-0.39, 0.29) is 17.6 Å². The smallest absolute Gasteiger partial charge is 0.349 e. The van der Waals surface area contributed by atoms with Crippen LogP contribution in [0.1, 0.15) is 40.0 Å². The van der Waals surface area contributed by atoms with Crippen LogP contribution in [0.25, 0.3) is 0 Å². The van der Waals surface area contributed by atoms with Gasteiger partial charge in [-0.1, -0.05) is 13.8 Å². The molecule has 1 rings (SSSR count). The molecule has 182 valence electrons. The SMILES string of the molecule is CCOC(=O)/C(C#N)=C1\C=C(NCCC[Si](C)(O[Si](C)(C)C)O[Si](C)(C)C)CC(C)(C)C1. The number of hydrogen-bond donors (Lipinski definition) is 1. The van der Waals surface area contributed by atoms with Crippen LogP contribution in [0.15, 0.2) is 22.9 Å². The van der Waals surface area contributed by atoms with Crippen LogP contribution in [-0.4, -0.2) is 44.3 Å². The van der Waals surface area contributed by atoms with Crippen LogP contribution in [0.5, 0.6) is 0 Å². The largest absolute Gasteiger partial charge is 0.462 e. The second-order valence-corrected chi connectivity index (χ2v) is 24.4. The molecule has 6 nitrogen and oxygen atoms in total. The zero-order valence-corrected chi connectivity index (χ0v) is 24.9. The van der Waals surface area contributed by atoms with E-state index < -0.39 is 31.2 Å². The maximum atomic E-state index is 12.2. The van der Waals surface area contributed by atoms with Crippen molar-refractivity contribution in [1.29, 1.82) is 5.26 Å². The van der Waals surface area contributed by atoms with E-state index >= 15 is 0 Å². The minimum Gasteiger partial charge on any atom is -0.462 e. The number of carbonyl (C=O) groups excluding carboxylic acids is 1. The molecule has 0 aliphatic heterocycles. The van der Waals surface area contributed by atoms with Gasteiger partial charge in [0.1, 0.15) is 11.6 Å². The minimum atomic E-state index is -2.25. The van der Waals surface area contributed by atoms with Gasteiger partial charge < -0.3 is 18.3 Å². The van der Waals surface area contributed by atoms with Crippen molar-refractivity contribution >= 4 is 31.2 Å². The van der Waals surface area contributed by atoms with Gasteiger partial charge in [-0.25, -0.2) is 4.79 Å². The van der Waals surface area contributed by atoms with Gasteiger partial charge in [-0.15, -0.1) is 0 Å². The zero-order chi connectivity index (χ0) is 24.8. The molecule has 9 heteroatoms. The highest BCUT2D eigenvalue weighted by Gasteiger charge is 2.39. The van der Waals surface area contributed by atoms with Gasteiger partial charge in [-0.3, -0.25) is 0 Å². The number of nitrogens with zero attached hydrogens (tertiary/aromatic N) is 1. The summed E-state index contributed by atoms with van der Waals surface area (Å²) in [5.74, 6) is -0.535. The zero-order valence-electron chi connectivity index (χ0n) is 21.9. The van der Waals surface area contributed by atoms with E-state index in [0.717, 1.165) is 36.7 Å². The molecular formula is C23H44N2O4Si3. The number of hydrogen-bond acceptors (Lipinski definition) is 6. The van der Waals surface area contributed by atoms with Crippen LogP contribution < -0.4 is 5.32 Å². The Hall–Kier alpha value is -1.19. The van der Waals surface area contributed by atoms with Crippen LogP contribution in [0.2, 0.25) is 51.9 Å². The molecule has 1 N–H and O–H groups in total. The second kappa shape index (κ2) is 11.3. The van der Waals surface area contributed by atoms with Gasteiger partial charge in [0.2, 0.25) is 0 Å². The molecule has 0 fully saturated rings. The van der Waals surface area contributed by atoms with Crippen molar-refractivity contribution in [3.8, 4) is 6.07 Å². The summed E-state index contributed by atoms with van der Waals surface area (Å²) in [6.45, 7) is 22.7. The topological polar surface area (TPSA) is 80.6 Å². The number of allylic oxidation sites excluding steroid dienone is 3. The quantitative estimate of drug-likeness (QED) is 0.127. The number of esters is 1. The van der Waals surface area contributed by atoms with Crippen LogP contribution >= 0.6 is 0 Å². The van der Waals surface area contributed by atoms with Crippen molar-refractivity contribution in [2.24, 2.45) is 5.41 Å². The van der Waals surface area contributed by atoms with Crippen molar-refractivity contribution in [3.63, 3.8) is 0 Å². The molecule has 0 spiro atoms. The van der Waals surface area contributed by atoms with Crippen LogP contribution in [0, 0.1) is 16.7 Å². The van der Waals surface area contributed by atoms with Gasteiger partial charge >= 0.3 is 14.5 Å². The van der Waals surface area contributed by atoms with Gasteiger partial charge in [0, 0.05) is 12.2 Å². The van der Waals surface area contributed by atoms with Crippen molar-refractivity contribution in [3.05, 3.63) is 22.9 Å². The summed E-state index contributed by atoms with van der Waals surface area (Å²) < 4.78 is 18.3. The second-order valence-electron chi connectivity index (χ2n) is 11.5. The standard InChI is InChI=1S/C23H44N2O4Si3/c1-11-27-22(26)21(18-24)19-15-20(17-23(2,3)16-19)25-13-12-14-32(10,28-30(4,5)6)29-31(7,8)9/h15,25H,11-14,16-17H2,1-10H3/b21-19+. The lowest BCUT2D eigenvalue weighted by Gasteiger charge is -2.38. The molecule has 1 aliphatic rings. The van der Waals surface area contributed by atoms with E-state index in [1.165, 1.54) is 0 Å². The van der Waals surface area contributed by atoms with Crippen molar-refractivity contribution in [2.45, 2.75) is 91.9 Å². The third-order valence-corrected chi connectivity index (χ3v) is 14.4. The number of nitriles is 1. The minimum absolute atomic E-state index is 0.0355. The maximum absolute atomic E-state index is 12.2. The Bertz CT molecular complexity index is 756. The number of nitrogens with one attached hydrogen (secondary N) is 1. The Balaban J connectivity index is 2.91. The first-order chi connectivity index (χ1) is 14.5. The van der Waals surface area contributed by atoms with E-state index in [4.69, 9.17) is 13.0 Å². The van der Waals surface area contributed by atoms with Crippen LogP contribution in [-0.2, 0) is 17.8 Å². The lowest BCUT2D eigenvalue weighted by Crippen LogP contribution is -2.52. The summed E-state index contributed by atoms with van der Waals surface area (Å²) in [5.41, 5.74) is 1.90. The molecule has 0 amide bonds. The fourth-order valence-corrected chi connectivity index (χ4v) is 16.7. The molecule has 0 saturated heterocycles. The van der Waals surface area contributed by atoms with E-state index in [1.807, 2.05) is 6.08 Å². The molecule has 0 aromatic heterocycles. The van der Waals surface area contributed by atoms with Crippen molar-refractivity contribution in [1.82, 2.24) is 5.32 Å². The number of carbonyl (C=O) groups is 1. The lowest BCUT2D eigenvalue weighted by atomic mass is 9.76.